The maximum absolute atomic E-state index is 13.2. The van der Waals surface area contributed by atoms with Crippen LogP contribution in [0.4, 0.5) is 0 Å². The number of hydrogen-bond acceptors (Lipinski definition) is 4. The number of para-hydroxylation sites is 1. The number of nitrogens with zero attached hydrogens (tertiary/aromatic N) is 1. The Kier molecular flexibility index (Phi) is 6.39. The second-order valence-electron chi connectivity index (χ2n) is 7.25. The predicted molar refractivity (Wildman–Crippen MR) is 113 cm³/mol. The van der Waals surface area contributed by atoms with Crippen LogP contribution in [0.1, 0.15) is 18.1 Å². The number of carbonyl (C=O) groups is 1. The van der Waals surface area contributed by atoms with Crippen molar-refractivity contribution in [3.8, 4) is 0 Å². The molecule has 0 radical (unpaired) electrons. The normalized spacial score (nSPS) is 12.8. The molecule has 2 aromatic carbocycles. The van der Waals surface area contributed by atoms with Gasteiger partial charge in [-0.25, -0.2) is 8.42 Å². The molecule has 3 aromatic rings. The lowest BCUT2D eigenvalue weighted by Crippen LogP contribution is -2.37. The fourth-order valence-electron chi connectivity index (χ4n) is 3.41. The van der Waals surface area contributed by atoms with E-state index in [1.54, 1.807) is 30.0 Å². The molecule has 1 atom stereocenters. The molecular weight excluding hydrogens is 388 g/mol. The van der Waals surface area contributed by atoms with Gasteiger partial charge in [0, 0.05) is 30.3 Å². The minimum atomic E-state index is -3.58. The highest BCUT2D eigenvalue weighted by molar-refractivity contribution is 7.90. The zero-order valence-corrected chi connectivity index (χ0v) is 17.7. The van der Waals surface area contributed by atoms with Gasteiger partial charge in [0.15, 0.2) is 9.84 Å². The Morgan fingerprint density at radius 3 is 2.55 bits per heavy atom. The lowest BCUT2D eigenvalue weighted by atomic mass is 10.1. The van der Waals surface area contributed by atoms with E-state index in [0.717, 1.165) is 11.1 Å². The van der Waals surface area contributed by atoms with E-state index in [9.17, 15) is 13.2 Å². The number of aromatic nitrogens is 1. The van der Waals surface area contributed by atoms with Crippen LogP contribution in [0.5, 0.6) is 0 Å². The van der Waals surface area contributed by atoms with Gasteiger partial charge in [-0.1, -0.05) is 42.5 Å². The van der Waals surface area contributed by atoms with Crippen LogP contribution in [0.25, 0.3) is 10.9 Å². The van der Waals surface area contributed by atoms with Gasteiger partial charge < -0.3 is 14.6 Å². The summed E-state index contributed by atoms with van der Waals surface area (Å²) in [5, 5.41) is 3.48. The van der Waals surface area contributed by atoms with E-state index in [0.29, 0.717) is 17.5 Å². The summed E-state index contributed by atoms with van der Waals surface area (Å²) < 4.78 is 33.1. The van der Waals surface area contributed by atoms with E-state index >= 15 is 0 Å². The Bertz CT molecular complexity index is 1120. The topological polar surface area (TPSA) is 77.4 Å². The molecule has 1 heterocycles. The molecule has 7 heteroatoms. The SMILES string of the molecule is COCC(C)NC(=O)Cn1cc(S(=O)(=O)Cc2ccccc2C)c2ccccc21. The molecule has 0 aliphatic carbocycles. The van der Waals surface area contributed by atoms with Gasteiger partial charge in [0.2, 0.25) is 5.91 Å². The van der Waals surface area contributed by atoms with E-state index in [1.807, 2.05) is 50.2 Å². The molecule has 0 saturated heterocycles. The second kappa shape index (κ2) is 8.80. The number of carbonyl (C=O) groups excluding carboxylic acids is 1. The molecule has 29 heavy (non-hydrogen) atoms. The highest BCUT2D eigenvalue weighted by Gasteiger charge is 2.23. The summed E-state index contributed by atoms with van der Waals surface area (Å²) in [5.41, 5.74) is 2.42. The molecule has 1 unspecified atom stereocenters. The van der Waals surface area contributed by atoms with Crippen LogP contribution in [-0.2, 0) is 31.7 Å². The third-order valence-electron chi connectivity index (χ3n) is 4.83. The van der Waals surface area contributed by atoms with E-state index < -0.39 is 9.84 Å². The van der Waals surface area contributed by atoms with Gasteiger partial charge in [0.05, 0.1) is 17.3 Å². The molecule has 0 saturated carbocycles. The van der Waals surface area contributed by atoms with Crippen molar-refractivity contribution in [3.63, 3.8) is 0 Å². The highest BCUT2D eigenvalue weighted by Crippen LogP contribution is 2.28. The quantitative estimate of drug-likeness (QED) is 0.615. The van der Waals surface area contributed by atoms with Crippen LogP contribution in [0.15, 0.2) is 59.6 Å². The van der Waals surface area contributed by atoms with Gasteiger partial charge in [0.25, 0.3) is 0 Å². The first-order chi connectivity index (χ1) is 13.8. The van der Waals surface area contributed by atoms with Gasteiger partial charge in [-0.05, 0) is 31.0 Å². The van der Waals surface area contributed by atoms with E-state index in [1.165, 1.54) is 0 Å². The third kappa shape index (κ3) is 4.86. The van der Waals surface area contributed by atoms with Crippen LogP contribution < -0.4 is 5.32 Å². The number of amides is 1. The van der Waals surface area contributed by atoms with Crippen LogP contribution in [0.3, 0.4) is 0 Å². The molecular formula is C22H26N2O4S. The number of hydrogen-bond donors (Lipinski definition) is 1. The van der Waals surface area contributed by atoms with Crippen LogP contribution in [0.2, 0.25) is 0 Å². The fourth-order valence-corrected chi connectivity index (χ4v) is 5.10. The summed E-state index contributed by atoms with van der Waals surface area (Å²) in [6, 6.07) is 14.6. The van der Waals surface area contributed by atoms with Crippen molar-refractivity contribution in [2.45, 2.75) is 37.1 Å². The maximum atomic E-state index is 13.2. The van der Waals surface area contributed by atoms with Crippen LogP contribution in [-0.4, -0.2) is 38.7 Å². The van der Waals surface area contributed by atoms with Crippen molar-refractivity contribution >= 4 is 26.6 Å². The Morgan fingerprint density at radius 2 is 1.83 bits per heavy atom. The van der Waals surface area contributed by atoms with Gasteiger partial charge in [-0.3, -0.25) is 4.79 Å². The van der Waals surface area contributed by atoms with Crippen molar-refractivity contribution in [1.29, 1.82) is 0 Å². The molecule has 0 bridgehead atoms. The minimum Gasteiger partial charge on any atom is -0.383 e. The number of nitrogens with one attached hydrogen (secondary N) is 1. The fraction of sp³-hybridized carbons (Fsp3) is 0.318. The molecule has 6 nitrogen and oxygen atoms in total. The summed E-state index contributed by atoms with van der Waals surface area (Å²) in [4.78, 5) is 12.6. The van der Waals surface area contributed by atoms with Gasteiger partial charge in [-0.2, -0.15) is 0 Å². The predicted octanol–water partition coefficient (Wildman–Crippen LogP) is 3.07. The summed E-state index contributed by atoms with van der Waals surface area (Å²) in [5.74, 6) is -0.275. The number of rotatable bonds is 8. The average molecular weight is 415 g/mol. The van der Waals surface area contributed by atoms with Crippen molar-refractivity contribution in [2.75, 3.05) is 13.7 Å². The Hall–Kier alpha value is -2.64. The molecule has 3 rings (SSSR count). The molecule has 0 spiro atoms. The van der Waals surface area contributed by atoms with Crippen molar-refractivity contribution in [1.82, 2.24) is 9.88 Å². The number of methoxy groups -OCH3 is 1. The summed E-state index contributed by atoms with van der Waals surface area (Å²) in [6.45, 7) is 4.20. The van der Waals surface area contributed by atoms with Gasteiger partial charge in [-0.15, -0.1) is 0 Å². The van der Waals surface area contributed by atoms with Gasteiger partial charge >= 0.3 is 0 Å². The molecule has 0 aliphatic rings. The van der Waals surface area contributed by atoms with Crippen LogP contribution >= 0.6 is 0 Å². The second-order valence-corrected chi connectivity index (χ2v) is 9.21. The molecule has 0 fully saturated rings. The summed E-state index contributed by atoms with van der Waals surface area (Å²) >= 11 is 0. The third-order valence-corrected chi connectivity index (χ3v) is 6.52. The lowest BCUT2D eigenvalue weighted by molar-refractivity contribution is -0.122. The van der Waals surface area contributed by atoms with E-state index in [2.05, 4.69) is 5.32 Å². The number of ether oxygens (including phenoxy) is 1. The average Bonchev–Trinajstić information content (AvgIpc) is 3.03. The van der Waals surface area contributed by atoms with Crippen LogP contribution in [0, 0.1) is 6.92 Å². The largest absolute Gasteiger partial charge is 0.383 e. The molecule has 0 aliphatic heterocycles. The molecule has 1 N–H and O–H groups in total. The first-order valence-electron chi connectivity index (χ1n) is 9.45. The number of aryl methyl sites for hydroxylation is 1. The zero-order valence-electron chi connectivity index (χ0n) is 16.9. The number of benzene rings is 2. The Morgan fingerprint density at radius 1 is 1.14 bits per heavy atom. The lowest BCUT2D eigenvalue weighted by Gasteiger charge is -2.13. The number of fused-ring (bicyclic) bond motifs is 1. The zero-order chi connectivity index (χ0) is 21.0. The Balaban J connectivity index is 1.93. The number of sulfone groups is 1. The van der Waals surface area contributed by atoms with Crippen molar-refractivity contribution in [3.05, 3.63) is 65.9 Å². The summed E-state index contributed by atoms with van der Waals surface area (Å²) in [7, 11) is -2.00. The highest BCUT2D eigenvalue weighted by atomic mass is 32.2. The first kappa shape index (κ1) is 21.1. The standard InChI is InChI=1S/C22H26N2O4S/c1-16-8-4-5-9-18(16)15-29(26,27)21-12-24(20-11-7-6-10-19(20)21)13-22(25)23-17(2)14-28-3/h4-12,17H,13-15H2,1-3H3,(H,23,25). The smallest absolute Gasteiger partial charge is 0.240 e. The monoisotopic (exact) mass is 414 g/mol. The van der Waals surface area contributed by atoms with Gasteiger partial charge in [0.1, 0.15) is 6.54 Å². The van der Waals surface area contributed by atoms with E-state index in [4.69, 9.17) is 4.74 Å². The maximum Gasteiger partial charge on any atom is 0.240 e. The molecule has 1 aromatic heterocycles. The van der Waals surface area contributed by atoms with E-state index in [-0.39, 0.29) is 29.1 Å². The Labute approximate surface area is 171 Å². The minimum absolute atomic E-state index is 0.0362. The van der Waals surface area contributed by atoms with Crippen molar-refractivity contribution in [2.24, 2.45) is 0 Å². The molecule has 154 valence electrons. The first-order valence-corrected chi connectivity index (χ1v) is 11.1. The van der Waals surface area contributed by atoms with Crippen molar-refractivity contribution < 1.29 is 17.9 Å². The summed E-state index contributed by atoms with van der Waals surface area (Å²) in [6.07, 6.45) is 1.57. The molecule has 1 amide bonds.